The van der Waals surface area contributed by atoms with Gasteiger partial charge in [0, 0.05) is 36.4 Å². The van der Waals surface area contributed by atoms with Crippen LogP contribution in [0.25, 0.3) is 0 Å². The highest BCUT2D eigenvalue weighted by Gasteiger charge is 2.34. The van der Waals surface area contributed by atoms with Gasteiger partial charge < -0.3 is 0 Å². The summed E-state index contributed by atoms with van der Waals surface area (Å²) >= 11 is 3.95. The van der Waals surface area contributed by atoms with E-state index in [0.717, 1.165) is 0 Å². The first-order valence-corrected chi connectivity index (χ1v) is 7.28. The molecular formula is C18H15BrN+. The maximum absolute atomic E-state index is 3.95. The molecule has 3 aromatic carbocycles. The molecule has 0 aliphatic carbocycles. The van der Waals surface area contributed by atoms with E-state index in [2.05, 4.69) is 88.9 Å². The van der Waals surface area contributed by atoms with Gasteiger partial charge in [-0.15, -0.1) is 0 Å². The van der Waals surface area contributed by atoms with Crippen LogP contribution in [-0.2, 0) is 0 Å². The van der Waals surface area contributed by atoms with Crippen molar-refractivity contribution in [3.05, 3.63) is 91.0 Å². The largest absolute Gasteiger partial charge is 0.245 e. The summed E-state index contributed by atoms with van der Waals surface area (Å²) in [6.45, 7) is 0. The molecule has 1 nitrogen and oxygen atoms in total. The third-order valence-corrected chi connectivity index (χ3v) is 4.56. The van der Waals surface area contributed by atoms with Crippen LogP contribution >= 0.6 is 16.1 Å². The van der Waals surface area contributed by atoms with E-state index < -0.39 is 0 Å². The summed E-state index contributed by atoms with van der Waals surface area (Å²) in [5.74, 6) is 0. The molecule has 0 atom stereocenters. The summed E-state index contributed by atoms with van der Waals surface area (Å²) in [4.78, 5) is 0. The van der Waals surface area contributed by atoms with Crippen molar-refractivity contribution in [1.29, 1.82) is 0 Å². The van der Waals surface area contributed by atoms with E-state index in [1.165, 1.54) is 17.1 Å². The van der Waals surface area contributed by atoms with Gasteiger partial charge in [-0.1, -0.05) is 54.6 Å². The second-order valence-corrected chi connectivity index (χ2v) is 5.66. The lowest BCUT2D eigenvalue weighted by molar-refractivity contribution is 0.855. The Hall–Kier alpha value is -1.90. The Labute approximate surface area is 128 Å². The van der Waals surface area contributed by atoms with Crippen LogP contribution in [0.5, 0.6) is 0 Å². The van der Waals surface area contributed by atoms with Crippen molar-refractivity contribution in [1.82, 2.24) is 3.51 Å². The molecule has 0 spiro atoms. The number of benzene rings is 3. The molecule has 0 saturated carbocycles. The molecule has 0 fully saturated rings. The summed E-state index contributed by atoms with van der Waals surface area (Å²) in [5.41, 5.74) is 3.51. The number of para-hydroxylation sites is 3. The molecule has 3 rings (SSSR count). The van der Waals surface area contributed by atoms with Gasteiger partial charge >= 0.3 is 0 Å². The van der Waals surface area contributed by atoms with Gasteiger partial charge in [-0.25, -0.2) is 0 Å². The van der Waals surface area contributed by atoms with Gasteiger partial charge in [-0.05, 0) is 0 Å². The van der Waals surface area contributed by atoms with Gasteiger partial charge in [0.25, 0.3) is 0 Å². The lowest BCUT2D eigenvalue weighted by Crippen LogP contribution is -2.25. The van der Waals surface area contributed by atoms with Crippen molar-refractivity contribution in [3.63, 3.8) is 0 Å². The monoisotopic (exact) mass is 324 g/mol. The first kappa shape index (κ1) is 13.1. The normalized spacial score (nSPS) is 11.2. The van der Waals surface area contributed by atoms with Crippen LogP contribution in [0.1, 0.15) is 0 Å². The molecule has 20 heavy (non-hydrogen) atoms. The fraction of sp³-hybridized carbons (Fsp3) is 0. The maximum atomic E-state index is 3.95. The van der Waals surface area contributed by atoms with E-state index in [9.17, 15) is 0 Å². The summed E-state index contributed by atoms with van der Waals surface area (Å²) in [5, 5.41) is 0. The lowest BCUT2D eigenvalue weighted by atomic mass is 10.2. The Bertz CT molecular complexity index is 569. The zero-order chi connectivity index (χ0) is 13.8. The Morgan fingerprint density at radius 1 is 0.450 bits per heavy atom. The molecule has 0 saturated heterocycles. The van der Waals surface area contributed by atoms with E-state index >= 15 is 0 Å². The molecule has 0 radical (unpaired) electrons. The van der Waals surface area contributed by atoms with Gasteiger partial charge in [0.2, 0.25) is 16.1 Å². The predicted octanol–water partition coefficient (Wildman–Crippen LogP) is 5.97. The summed E-state index contributed by atoms with van der Waals surface area (Å²) in [7, 11) is 0. The van der Waals surface area contributed by atoms with Crippen molar-refractivity contribution < 1.29 is 0 Å². The zero-order valence-electron chi connectivity index (χ0n) is 11.0. The number of halogens is 1. The minimum absolute atomic E-state index is 0.482. The maximum Gasteiger partial charge on any atom is 0.245 e. The summed E-state index contributed by atoms with van der Waals surface area (Å²) in [6.07, 6.45) is 0. The molecule has 0 N–H and O–H groups in total. The summed E-state index contributed by atoms with van der Waals surface area (Å²) < 4.78 is 0.482. The fourth-order valence-corrected chi connectivity index (χ4v) is 3.06. The number of hydrogen-bond donors (Lipinski definition) is 0. The molecule has 0 bridgehead atoms. The van der Waals surface area contributed by atoms with Crippen molar-refractivity contribution in [2.24, 2.45) is 0 Å². The highest BCUT2D eigenvalue weighted by atomic mass is 79.9. The molecule has 0 unspecified atom stereocenters. The Balaban J connectivity index is 2.24. The van der Waals surface area contributed by atoms with Crippen LogP contribution in [0.2, 0.25) is 0 Å². The molecule has 98 valence electrons. The van der Waals surface area contributed by atoms with E-state index in [1.54, 1.807) is 0 Å². The van der Waals surface area contributed by atoms with Crippen LogP contribution in [0.15, 0.2) is 91.0 Å². The average molecular weight is 325 g/mol. The Kier molecular flexibility index (Phi) is 3.68. The highest BCUT2D eigenvalue weighted by Crippen LogP contribution is 2.47. The molecule has 0 aliphatic heterocycles. The third-order valence-electron chi connectivity index (χ3n) is 3.34. The van der Waals surface area contributed by atoms with Crippen LogP contribution in [0, 0.1) is 0 Å². The number of quaternary nitrogens is 1. The van der Waals surface area contributed by atoms with Crippen LogP contribution in [-0.4, -0.2) is 0 Å². The van der Waals surface area contributed by atoms with Gasteiger partial charge in [0.05, 0.1) is 0 Å². The minimum Gasteiger partial charge on any atom is -0.160 e. The van der Waals surface area contributed by atoms with Crippen LogP contribution < -0.4 is 3.51 Å². The lowest BCUT2D eigenvalue weighted by Gasteiger charge is -2.29. The first-order chi connectivity index (χ1) is 9.82. The molecule has 2 heteroatoms. The predicted molar refractivity (Wildman–Crippen MR) is 89.4 cm³/mol. The SMILES string of the molecule is Br[N+](c1ccccc1)(c1ccccc1)c1ccccc1. The smallest absolute Gasteiger partial charge is 0.160 e. The highest BCUT2D eigenvalue weighted by molar-refractivity contribution is 9.09. The Morgan fingerprint density at radius 2 is 0.700 bits per heavy atom. The van der Waals surface area contributed by atoms with Crippen molar-refractivity contribution in [2.45, 2.75) is 0 Å². The van der Waals surface area contributed by atoms with Gasteiger partial charge in [0.1, 0.15) is 0 Å². The van der Waals surface area contributed by atoms with Crippen molar-refractivity contribution >= 4 is 33.2 Å². The standard InChI is InChI=1S/C18H15BrN/c19-20(16-10-4-1-5-11-16,17-12-6-2-7-13-17)18-14-8-3-9-15-18/h1-15H/q+1. The van der Waals surface area contributed by atoms with Crippen molar-refractivity contribution in [3.8, 4) is 0 Å². The summed E-state index contributed by atoms with van der Waals surface area (Å²) in [6, 6.07) is 31.3. The van der Waals surface area contributed by atoms with E-state index in [-0.39, 0.29) is 0 Å². The van der Waals surface area contributed by atoms with Gasteiger partial charge in [-0.3, -0.25) is 0 Å². The second-order valence-electron chi connectivity index (χ2n) is 4.60. The average Bonchev–Trinajstić information content (AvgIpc) is 2.56. The minimum atomic E-state index is 0.482. The molecule has 0 aliphatic rings. The van der Waals surface area contributed by atoms with Crippen LogP contribution in [0.3, 0.4) is 0 Å². The molecule has 0 amide bonds. The molecule has 0 heterocycles. The Morgan fingerprint density at radius 3 is 0.950 bits per heavy atom. The van der Waals surface area contributed by atoms with Crippen LogP contribution in [0.4, 0.5) is 17.1 Å². The molecular weight excluding hydrogens is 310 g/mol. The topological polar surface area (TPSA) is 0 Å². The first-order valence-electron chi connectivity index (χ1n) is 6.57. The molecule has 3 aromatic rings. The van der Waals surface area contributed by atoms with Gasteiger partial charge in [0.15, 0.2) is 17.1 Å². The molecule has 0 aromatic heterocycles. The van der Waals surface area contributed by atoms with E-state index in [1.807, 2.05) is 18.2 Å². The number of nitrogens with zero attached hydrogens (tertiary/aromatic N) is 1. The second kappa shape index (κ2) is 5.61. The third kappa shape index (κ3) is 2.28. The zero-order valence-corrected chi connectivity index (χ0v) is 12.6. The van der Waals surface area contributed by atoms with Crippen molar-refractivity contribution in [2.75, 3.05) is 0 Å². The quantitative estimate of drug-likeness (QED) is 0.521. The number of rotatable bonds is 3. The van der Waals surface area contributed by atoms with E-state index in [0.29, 0.717) is 3.51 Å². The number of hydrogen-bond acceptors (Lipinski definition) is 0. The van der Waals surface area contributed by atoms with Gasteiger partial charge in [-0.2, -0.15) is 3.51 Å². The van der Waals surface area contributed by atoms with E-state index in [4.69, 9.17) is 0 Å². The fourth-order valence-electron chi connectivity index (χ4n) is 2.35.